The highest BCUT2D eigenvalue weighted by Crippen LogP contribution is 2.32. The van der Waals surface area contributed by atoms with Gasteiger partial charge >= 0.3 is 5.97 Å². The lowest BCUT2D eigenvalue weighted by Gasteiger charge is -2.18. The lowest BCUT2D eigenvalue weighted by Crippen LogP contribution is -2.28. The Morgan fingerprint density at radius 3 is 2.57 bits per heavy atom. The molecule has 0 aromatic heterocycles. The average molecular weight is 297 g/mol. The van der Waals surface area contributed by atoms with Crippen LogP contribution in [0.15, 0.2) is 18.2 Å². The second-order valence-corrected chi connectivity index (χ2v) is 4.36. The third kappa shape index (κ3) is 4.62. The number of ether oxygens (including phenoxy) is 3. The van der Waals surface area contributed by atoms with Crippen LogP contribution in [-0.2, 0) is 9.53 Å². The Morgan fingerprint density at radius 2 is 2.05 bits per heavy atom. The molecule has 1 unspecified atom stereocenters. The van der Waals surface area contributed by atoms with Crippen molar-refractivity contribution >= 4 is 11.7 Å². The van der Waals surface area contributed by atoms with Crippen molar-refractivity contribution in [2.75, 3.05) is 14.2 Å². The van der Waals surface area contributed by atoms with Crippen molar-refractivity contribution in [2.45, 2.75) is 32.3 Å². The SMILES string of the molecule is CCCCC(Oc1ccc([N+](=O)[O-])cc1OC)C(=O)OC. The zero-order chi connectivity index (χ0) is 15.8. The minimum Gasteiger partial charge on any atom is -0.493 e. The number of nitrogens with zero attached hydrogens (tertiary/aromatic N) is 1. The number of hydrogen-bond acceptors (Lipinski definition) is 6. The van der Waals surface area contributed by atoms with E-state index in [9.17, 15) is 14.9 Å². The number of benzene rings is 1. The van der Waals surface area contributed by atoms with Gasteiger partial charge in [-0.2, -0.15) is 0 Å². The van der Waals surface area contributed by atoms with Crippen LogP contribution in [0.2, 0.25) is 0 Å². The number of non-ortho nitro benzene ring substituents is 1. The summed E-state index contributed by atoms with van der Waals surface area (Å²) in [5.41, 5.74) is -0.109. The first-order chi connectivity index (χ1) is 10.0. The Kier molecular flexibility index (Phi) is 6.45. The van der Waals surface area contributed by atoms with E-state index in [0.29, 0.717) is 6.42 Å². The van der Waals surface area contributed by atoms with E-state index in [2.05, 4.69) is 0 Å². The van der Waals surface area contributed by atoms with Crippen molar-refractivity contribution < 1.29 is 23.9 Å². The van der Waals surface area contributed by atoms with E-state index in [1.54, 1.807) is 0 Å². The fourth-order valence-electron chi connectivity index (χ4n) is 1.77. The zero-order valence-electron chi connectivity index (χ0n) is 12.3. The first kappa shape index (κ1) is 16.7. The lowest BCUT2D eigenvalue weighted by molar-refractivity contribution is -0.385. The fourth-order valence-corrected chi connectivity index (χ4v) is 1.77. The smallest absolute Gasteiger partial charge is 0.347 e. The molecular weight excluding hydrogens is 278 g/mol. The first-order valence-corrected chi connectivity index (χ1v) is 6.60. The molecule has 0 aliphatic carbocycles. The Morgan fingerprint density at radius 1 is 1.33 bits per heavy atom. The predicted octanol–water partition coefficient (Wildman–Crippen LogP) is 2.71. The van der Waals surface area contributed by atoms with Gasteiger partial charge < -0.3 is 14.2 Å². The van der Waals surface area contributed by atoms with Crippen LogP contribution in [0.4, 0.5) is 5.69 Å². The highest BCUT2D eigenvalue weighted by atomic mass is 16.6. The average Bonchev–Trinajstić information content (AvgIpc) is 2.50. The van der Waals surface area contributed by atoms with Gasteiger partial charge in [-0.15, -0.1) is 0 Å². The molecule has 21 heavy (non-hydrogen) atoms. The molecular formula is C14H19NO6. The van der Waals surface area contributed by atoms with Gasteiger partial charge in [-0.25, -0.2) is 4.79 Å². The van der Waals surface area contributed by atoms with E-state index in [-0.39, 0.29) is 17.2 Å². The van der Waals surface area contributed by atoms with E-state index in [1.165, 1.54) is 32.4 Å². The van der Waals surface area contributed by atoms with E-state index < -0.39 is 17.0 Å². The van der Waals surface area contributed by atoms with Crippen molar-refractivity contribution in [1.29, 1.82) is 0 Å². The van der Waals surface area contributed by atoms with Crippen molar-refractivity contribution in [3.05, 3.63) is 28.3 Å². The van der Waals surface area contributed by atoms with Crippen LogP contribution in [0.25, 0.3) is 0 Å². The van der Waals surface area contributed by atoms with Crippen LogP contribution in [0.3, 0.4) is 0 Å². The molecule has 116 valence electrons. The summed E-state index contributed by atoms with van der Waals surface area (Å²) in [7, 11) is 2.67. The molecule has 1 rings (SSSR count). The van der Waals surface area contributed by atoms with Crippen molar-refractivity contribution in [1.82, 2.24) is 0 Å². The topological polar surface area (TPSA) is 87.9 Å². The standard InChI is InChI=1S/C14H19NO6/c1-4-5-6-12(14(16)20-3)21-11-8-7-10(15(17)18)9-13(11)19-2/h7-9,12H,4-6H2,1-3H3. The van der Waals surface area contributed by atoms with Crippen LogP contribution in [0.5, 0.6) is 11.5 Å². The van der Waals surface area contributed by atoms with Gasteiger partial charge in [0, 0.05) is 6.07 Å². The largest absolute Gasteiger partial charge is 0.493 e. The van der Waals surface area contributed by atoms with Crippen molar-refractivity contribution in [2.24, 2.45) is 0 Å². The quantitative estimate of drug-likeness (QED) is 0.416. The fraction of sp³-hybridized carbons (Fsp3) is 0.500. The predicted molar refractivity (Wildman–Crippen MR) is 75.6 cm³/mol. The lowest BCUT2D eigenvalue weighted by atomic mass is 10.1. The summed E-state index contributed by atoms with van der Waals surface area (Å²) in [4.78, 5) is 21.9. The molecule has 0 radical (unpaired) electrons. The number of methoxy groups -OCH3 is 2. The molecule has 0 N–H and O–H groups in total. The molecule has 0 saturated heterocycles. The first-order valence-electron chi connectivity index (χ1n) is 6.60. The van der Waals surface area contributed by atoms with Gasteiger partial charge in [-0.1, -0.05) is 13.3 Å². The van der Waals surface area contributed by atoms with Gasteiger partial charge in [0.1, 0.15) is 0 Å². The number of nitro groups is 1. The summed E-state index contributed by atoms with van der Waals surface area (Å²) in [5.74, 6) is -0.00643. The summed E-state index contributed by atoms with van der Waals surface area (Å²) >= 11 is 0. The number of esters is 1. The van der Waals surface area contributed by atoms with Gasteiger partial charge in [0.25, 0.3) is 5.69 Å². The third-order valence-electron chi connectivity index (χ3n) is 2.91. The molecule has 1 atom stereocenters. The summed E-state index contributed by atoms with van der Waals surface area (Å²) in [6.07, 6.45) is 1.46. The van der Waals surface area contributed by atoms with Crippen molar-refractivity contribution in [3.63, 3.8) is 0 Å². The Labute approximate surface area is 123 Å². The van der Waals surface area contributed by atoms with E-state index in [4.69, 9.17) is 14.2 Å². The molecule has 0 saturated carbocycles. The molecule has 0 fully saturated rings. The molecule has 1 aromatic rings. The van der Waals surface area contributed by atoms with E-state index in [0.717, 1.165) is 12.8 Å². The molecule has 7 nitrogen and oxygen atoms in total. The summed E-state index contributed by atoms with van der Waals surface area (Å²) in [6, 6.07) is 3.97. The molecule has 0 spiro atoms. The second kappa shape index (κ2) is 8.08. The minimum absolute atomic E-state index is 0.109. The number of rotatable bonds is 8. The van der Waals surface area contributed by atoms with Gasteiger partial charge in [-0.3, -0.25) is 10.1 Å². The van der Waals surface area contributed by atoms with Gasteiger partial charge in [0.15, 0.2) is 17.6 Å². The normalized spacial score (nSPS) is 11.6. The molecule has 1 aromatic carbocycles. The van der Waals surface area contributed by atoms with Crippen LogP contribution < -0.4 is 9.47 Å². The number of carbonyl (C=O) groups excluding carboxylic acids is 1. The van der Waals surface area contributed by atoms with Gasteiger partial charge in [-0.05, 0) is 18.9 Å². The Hall–Kier alpha value is -2.31. The highest BCUT2D eigenvalue weighted by Gasteiger charge is 2.23. The van der Waals surface area contributed by atoms with Crippen LogP contribution >= 0.6 is 0 Å². The molecule has 7 heteroatoms. The van der Waals surface area contributed by atoms with Crippen LogP contribution in [0.1, 0.15) is 26.2 Å². The monoisotopic (exact) mass is 297 g/mol. The number of unbranched alkanes of at least 4 members (excludes halogenated alkanes) is 1. The number of nitro benzene ring substituents is 1. The zero-order valence-corrected chi connectivity index (χ0v) is 12.3. The van der Waals surface area contributed by atoms with E-state index >= 15 is 0 Å². The minimum atomic E-state index is -0.759. The maximum Gasteiger partial charge on any atom is 0.347 e. The van der Waals surface area contributed by atoms with Crippen LogP contribution in [-0.4, -0.2) is 31.2 Å². The second-order valence-electron chi connectivity index (χ2n) is 4.36. The van der Waals surface area contributed by atoms with Crippen molar-refractivity contribution in [3.8, 4) is 11.5 Å². The maximum atomic E-state index is 11.7. The number of hydrogen-bond donors (Lipinski definition) is 0. The summed E-state index contributed by atoms with van der Waals surface area (Å²) in [5, 5.41) is 10.7. The molecule has 0 aliphatic heterocycles. The van der Waals surface area contributed by atoms with Gasteiger partial charge in [0.05, 0.1) is 25.2 Å². The summed E-state index contributed by atoms with van der Waals surface area (Å²) < 4.78 is 15.4. The third-order valence-corrected chi connectivity index (χ3v) is 2.91. The maximum absolute atomic E-state index is 11.7. The highest BCUT2D eigenvalue weighted by molar-refractivity contribution is 5.75. The Balaban J connectivity index is 2.96. The van der Waals surface area contributed by atoms with E-state index in [1.807, 2.05) is 6.92 Å². The molecule has 0 bridgehead atoms. The molecule has 0 amide bonds. The van der Waals surface area contributed by atoms with Gasteiger partial charge in [0.2, 0.25) is 0 Å². The Bertz CT molecular complexity index is 502. The summed E-state index contributed by atoms with van der Waals surface area (Å²) in [6.45, 7) is 2.00. The number of carbonyl (C=O) groups is 1. The molecule has 0 aliphatic rings. The van der Waals surface area contributed by atoms with Crippen LogP contribution in [0, 0.1) is 10.1 Å². The molecule has 0 heterocycles.